The van der Waals surface area contributed by atoms with E-state index in [1.807, 2.05) is 18.3 Å². The monoisotopic (exact) mass is 1060 g/mol. The van der Waals surface area contributed by atoms with Crippen LogP contribution in [0.3, 0.4) is 0 Å². The highest BCUT2D eigenvalue weighted by Gasteiger charge is 2.34. The number of hydrogen-bond donors (Lipinski definition) is 3. The lowest BCUT2D eigenvalue weighted by molar-refractivity contribution is 0.0601. The quantitative estimate of drug-likeness (QED) is 0.125. The van der Waals surface area contributed by atoms with Crippen molar-refractivity contribution in [2.75, 3.05) is 66.1 Å². The van der Waals surface area contributed by atoms with Crippen molar-refractivity contribution in [3.8, 4) is 0 Å². The summed E-state index contributed by atoms with van der Waals surface area (Å²) in [5.41, 5.74) is 3.68. The van der Waals surface area contributed by atoms with Gasteiger partial charge >= 0.3 is 0 Å². The smallest absolute Gasteiger partial charge is 0.256 e. The Morgan fingerprint density at radius 2 is 1.07 bits per heavy atom. The molecule has 6 aromatic rings. The molecule has 0 radical (unpaired) electrons. The number of nitrogens with zero attached hydrogens (tertiary/aromatic N) is 9. The number of nitrogens with one attached hydrogen (secondary N) is 3. The molecule has 2 atom stereocenters. The Morgan fingerprint density at radius 3 is 1.49 bits per heavy atom. The zero-order valence-electron chi connectivity index (χ0n) is 37.3. The molecule has 10 rings (SSSR count). The summed E-state index contributed by atoms with van der Waals surface area (Å²) in [5.74, 6) is 0.334. The minimum Gasteiger partial charge on any atom is -0.355 e. The Hall–Kier alpha value is -4.96. The van der Waals surface area contributed by atoms with Crippen LogP contribution in [-0.2, 0) is 20.0 Å². The van der Waals surface area contributed by atoms with Gasteiger partial charge in [-0.25, -0.2) is 35.8 Å². The van der Waals surface area contributed by atoms with E-state index in [0.717, 1.165) is 81.3 Å². The number of carbonyl (C=O) groups excluding carboxylic acids is 2. The summed E-state index contributed by atoms with van der Waals surface area (Å²) in [5, 5.41) is 13.1. The molecular formula is C45H56Cl4N12O6S2. The van der Waals surface area contributed by atoms with Gasteiger partial charge in [0.15, 0.2) is 11.3 Å². The SMILES string of the molecule is C.C1CNC1.CS(=O)(=O)Nc1ccc(Cl)cc1C(=O)N1CCCC[C@H]1c1cn2nc(Cl)ccc2n1.CS(=O)(=O)Nc1ccc(Cl)cc1C(=O)N1CCCC[C@H]1c1cn2nc(N3CCC3)ccc2n1.Cl. The largest absolute Gasteiger partial charge is 0.355 e. The molecule has 0 bridgehead atoms. The molecule has 18 nitrogen and oxygen atoms in total. The summed E-state index contributed by atoms with van der Waals surface area (Å²) in [6.07, 6.45) is 13.4. The highest BCUT2D eigenvalue weighted by molar-refractivity contribution is 7.92. The van der Waals surface area contributed by atoms with Gasteiger partial charge in [0.25, 0.3) is 11.8 Å². The lowest BCUT2D eigenvalue weighted by Gasteiger charge is -2.35. The molecule has 4 fully saturated rings. The van der Waals surface area contributed by atoms with Gasteiger partial charge < -0.3 is 20.0 Å². The molecule has 24 heteroatoms. The number of likely N-dealkylation sites (tertiary alicyclic amines) is 2. The van der Waals surface area contributed by atoms with Gasteiger partial charge in [-0.15, -0.1) is 17.5 Å². The van der Waals surface area contributed by atoms with Crippen molar-refractivity contribution in [3.63, 3.8) is 0 Å². The summed E-state index contributed by atoms with van der Waals surface area (Å²) in [7, 11) is -7.12. The minimum atomic E-state index is -3.56. The molecule has 0 aliphatic carbocycles. The second kappa shape index (κ2) is 22.9. The van der Waals surface area contributed by atoms with Crippen LogP contribution in [0.15, 0.2) is 73.1 Å². The number of hydrogen-bond acceptors (Lipinski definition) is 12. The number of aromatic nitrogens is 6. The lowest BCUT2D eigenvalue weighted by Crippen LogP contribution is -2.39. The minimum absolute atomic E-state index is 0. The predicted octanol–water partition coefficient (Wildman–Crippen LogP) is 8.14. The zero-order valence-corrected chi connectivity index (χ0v) is 42.0. The van der Waals surface area contributed by atoms with Crippen molar-refractivity contribution in [2.45, 2.75) is 70.9 Å². The van der Waals surface area contributed by atoms with Crippen LogP contribution in [0, 0.1) is 0 Å². The maximum atomic E-state index is 13.6. The lowest BCUT2D eigenvalue weighted by atomic mass is 9.98. The molecule has 0 unspecified atom stereocenters. The van der Waals surface area contributed by atoms with Gasteiger partial charge in [0, 0.05) is 36.2 Å². The number of fused-ring (bicyclic) bond motifs is 2. The van der Waals surface area contributed by atoms with Crippen molar-refractivity contribution >= 4 is 108 Å². The Morgan fingerprint density at radius 1 is 0.623 bits per heavy atom. The Bertz CT molecular complexity index is 3020. The standard InChI is InChI=1S/C22H25ClN6O3S.C19H19Cl2N5O3S.C3H7N.CH4.ClH/c1-33(31,32)26-17-7-6-15(23)13-16(17)22(30)28-12-3-2-5-19(28)18-14-29-20(24-18)8-9-21(25-29)27-10-4-11-27;1-30(28,29)24-14-6-5-12(20)10-13(14)19(27)25-9-3-2-4-16(25)15-11-26-18(22-15)8-7-17(21)23-26;1-2-4-3-1;;/h6-9,13-14,19,26H,2-5,10-12H2,1H3;5-8,10-11,16,24H,2-4,9H2,1H3;4H,1-3H2;1H4;1H/t19-;16-;;;/m00.../s1. The molecule has 4 aromatic heterocycles. The molecule has 2 amide bonds. The van der Waals surface area contributed by atoms with Gasteiger partial charge in [0.05, 0.1) is 70.9 Å². The number of anilines is 3. The first kappa shape index (κ1) is 53.4. The maximum Gasteiger partial charge on any atom is 0.256 e. The van der Waals surface area contributed by atoms with Gasteiger partial charge in [-0.05, 0) is 125 Å². The van der Waals surface area contributed by atoms with Crippen LogP contribution in [0.4, 0.5) is 17.2 Å². The van der Waals surface area contributed by atoms with Crippen LogP contribution in [0.2, 0.25) is 15.2 Å². The van der Waals surface area contributed by atoms with E-state index in [4.69, 9.17) is 39.8 Å². The van der Waals surface area contributed by atoms with E-state index < -0.39 is 20.0 Å². The molecule has 0 spiro atoms. The van der Waals surface area contributed by atoms with Gasteiger partial charge in [0.1, 0.15) is 11.0 Å². The van der Waals surface area contributed by atoms with Gasteiger partial charge in [-0.2, -0.15) is 5.10 Å². The third-order valence-electron chi connectivity index (χ3n) is 11.7. The third kappa shape index (κ3) is 13.3. The van der Waals surface area contributed by atoms with E-state index in [9.17, 15) is 26.4 Å². The first-order chi connectivity index (χ1) is 32.0. The number of halogens is 4. The highest BCUT2D eigenvalue weighted by Crippen LogP contribution is 2.36. The van der Waals surface area contributed by atoms with Crippen molar-refractivity contribution in [2.24, 2.45) is 0 Å². The molecule has 8 heterocycles. The number of benzene rings is 2. The first-order valence-corrected chi connectivity index (χ1v) is 26.9. The van der Waals surface area contributed by atoms with Gasteiger partial charge in [-0.1, -0.05) is 42.2 Å². The van der Waals surface area contributed by atoms with Crippen LogP contribution < -0.4 is 19.7 Å². The second-order valence-corrected chi connectivity index (χ2v) is 21.6. The predicted molar refractivity (Wildman–Crippen MR) is 274 cm³/mol. The Balaban J connectivity index is 0.000000205. The molecular weight excluding hydrogens is 1010 g/mol. The molecule has 4 aliphatic heterocycles. The Labute approximate surface area is 423 Å². The fourth-order valence-corrected chi connectivity index (χ4v) is 9.86. The van der Waals surface area contributed by atoms with Crippen LogP contribution in [-0.4, -0.2) is 119 Å². The summed E-state index contributed by atoms with van der Waals surface area (Å²) in [6, 6.07) is 15.9. The third-order valence-corrected chi connectivity index (χ3v) is 13.6. The molecule has 0 saturated carbocycles. The Kier molecular flexibility index (Phi) is 17.7. The van der Waals surface area contributed by atoms with Crippen LogP contribution in [0.5, 0.6) is 0 Å². The van der Waals surface area contributed by atoms with E-state index >= 15 is 0 Å². The summed E-state index contributed by atoms with van der Waals surface area (Å²) in [4.78, 5) is 42.2. The first-order valence-electron chi connectivity index (χ1n) is 22.0. The van der Waals surface area contributed by atoms with E-state index in [2.05, 4.69) is 34.8 Å². The second-order valence-electron chi connectivity index (χ2n) is 16.9. The fraction of sp³-hybridized carbons (Fsp3) is 0.422. The summed E-state index contributed by atoms with van der Waals surface area (Å²) >= 11 is 18.2. The average molecular weight is 1070 g/mol. The number of amides is 2. The van der Waals surface area contributed by atoms with E-state index in [0.29, 0.717) is 39.6 Å². The average Bonchev–Trinajstić information content (AvgIpc) is 3.87. The topological polar surface area (TPSA) is 209 Å². The molecule has 2 aromatic carbocycles. The van der Waals surface area contributed by atoms with Crippen molar-refractivity contribution in [3.05, 3.63) is 111 Å². The highest BCUT2D eigenvalue weighted by atomic mass is 35.5. The number of rotatable bonds is 9. The van der Waals surface area contributed by atoms with Crippen molar-refractivity contribution in [1.82, 2.24) is 44.3 Å². The molecule has 372 valence electrons. The number of sulfonamides is 2. The van der Waals surface area contributed by atoms with Gasteiger partial charge in [-0.3, -0.25) is 19.0 Å². The zero-order chi connectivity index (χ0) is 47.5. The van der Waals surface area contributed by atoms with Gasteiger partial charge in [0.2, 0.25) is 20.0 Å². The van der Waals surface area contributed by atoms with Crippen molar-refractivity contribution in [1.29, 1.82) is 0 Å². The number of carbonyl (C=O) groups is 2. The fourth-order valence-electron chi connectivity index (χ4n) is 8.22. The molecule has 4 saturated heterocycles. The van der Waals surface area contributed by atoms with E-state index in [-0.39, 0.29) is 66.2 Å². The van der Waals surface area contributed by atoms with Crippen molar-refractivity contribution < 1.29 is 26.4 Å². The summed E-state index contributed by atoms with van der Waals surface area (Å²) < 4.78 is 55.4. The number of imidazole rings is 2. The normalized spacial score (nSPS) is 18.0. The van der Waals surface area contributed by atoms with Crippen LogP contribution in [0.1, 0.15) is 103 Å². The molecule has 4 aliphatic rings. The van der Waals surface area contributed by atoms with Crippen LogP contribution in [0.25, 0.3) is 11.3 Å². The summed E-state index contributed by atoms with van der Waals surface area (Å²) in [6.45, 7) is 5.59. The maximum absolute atomic E-state index is 13.6. The van der Waals surface area contributed by atoms with Crippen LogP contribution >= 0.6 is 47.2 Å². The molecule has 69 heavy (non-hydrogen) atoms. The molecule has 3 N–H and O–H groups in total. The van der Waals surface area contributed by atoms with E-state index in [1.165, 1.54) is 56.3 Å². The van der Waals surface area contributed by atoms with E-state index in [1.54, 1.807) is 43.2 Å². The number of piperidine rings is 2.